The van der Waals surface area contributed by atoms with E-state index in [0.717, 1.165) is 11.1 Å². The van der Waals surface area contributed by atoms with E-state index in [0.29, 0.717) is 13.0 Å². The molecule has 0 saturated heterocycles. The number of carbonyl (C=O) groups excluding carboxylic acids is 1. The van der Waals surface area contributed by atoms with Crippen molar-refractivity contribution in [3.8, 4) is 0 Å². The maximum Gasteiger partial charge on any atom is 0.203 e. The van der Waals surface area contributed by atoms with Crippen molar-refractivity contribution in [2.75, 3.05) is 0 Å². The lowest BCUT2D eigenvalue weighted by atomic mass is 10.1. The van der Waals surface area contributed by atoms with Gasteiger partial charge in [-0.25, -0.2) is 0 Å². The highest BCUT2D eigenvalue weighted by atomic mass is 32.1. The minimum atomic E-state index is -0.258. The van der Waals surface area contributed by atoms with Crippen LogP contribution in [0.25, 0.3) is 0 Å². The molecule has 0 spiro atoms. The van der Waals surface area contributed by atoms with E-state index >= 15 is 0 Å². The number of hydrogen-bond donors (Lipinski definition) is 2. The molecule has 2 rings (SSSR count). The van der Waals surface area contributed by atoms with E-state index in [2.05, 4.69) is 17.9 Å². The van der Waals surface area contributed by atoms with E-state index in [4.69, 9.17) is 0 Å². The Bertz CT molecular complexity index is 513. The van der Waals surface area contributed by atoms with Crippen LogP contribution in [0.5, 0.6) is 0 Å². The van der Waals surface area contributed by atoms with Gasteiger partial charge in [0, 0.05) is 6.54 Å². The summed E-state index contributed by atoms with van der Waals surface area (Å²) in [5.74, 6) is 0. The van der Waals surface area contributed by atoms with Crippen LogP contribution in [0.3, 0.4) is 0 Å². The van der Waals surface area contributed by atoms with Gasteiger partial charge in [0.15, 0.2) is 0 Å². The molecule has 0 radical (unpaired) electrons. The fourth-order valence-electron chi connectivity index (χ4n) is 1.93. The molecule has 1 N–H and O–H groups in total. The third-order valence-electron chi connectivity index (χ3n) is 2.98. The van der Waals surface area contributed by atoms with Crippen molar-refractivity contribution >= 4 is 17.7 Å². The van der Waals surface area contributed by atoms with E-state index in [1.165, 1.54) is 0 Å². The average Bonchev–Trinajstić information content (AvgIpc) is 2.45. The molecule has 0 aromatic heterocycles. The van der Waals surface area contributed by atoms with Crippen LogP contribution < -0.4 is 5.32 Å². The molecule has 3 heteroatoms. The predicted octanol–water partition coefficient (Wildman–Crippen LogP) is 2.84. The Morgan fingerprint density at radius 2 is 1.47 bits per heavy atom. The van der Waals surface area contributed by atoms with Crippen molar-refractivity contribution in [3.05, 3.63) is 71.8 Å². The molecule has 98 valence electrons. The normalized spacial score (nSPS) is 12.1. The predicted molar refractivity (Wildman–Crippen MR) is 81.2 cm³/mol. The van der Waals surface area contributed by atoms with E-state index in [1.807, 2.05) is 60.7 Å². The summed E-state index contributed by atoms with van der Waals surface area (Å²) in [5, 5.41) is 3.13. The van der Waals surface area contributed by atoms with Gasteiger partial charge in [0.2, 0.25) is 5.12 Å². The van der Waals surface area contributed by atoms with Gasteiger partial charge in [-0.3, -0.25) is 4.79 Å². The van der Waals surface area contributed by atoms with Crippen LogP contribution in [0.1, 0.15) is 11.1 Å². The van der Waals surface area contributed by atoms with Gasteiger partial charge in [0.25, 0.3) is 0 Å². The molecule has 19 heavy (non-hydrogen) atoms. The third kappa shape index (κ3) is 4.54. The Balaban J connectivity index is 1.95. The molecule has 2 nitrogen and oxygen atoms in total. The van der Waals surface area contributed by atoms with Crippen LogP contribution in [0, 0.1) is 0 Å². The molecule has 0 amide bonds. The fourth-order valence-corrected chi connectivity index (χ4v) is 2.12. The first kappa shape index (κ1) is 13.8. The van der Waals surface area contributed by atoms with E-state index < -0.39 is 0 Å². The van der Waals surface area contributed by atoms with Crippen molar-refractivity contribution < 1.29 is 4.79 Å². The summed E-state index contributed by atoms with van der Waals surface area (Å²) in [6.07, 6.45) is 0.663. The monoisotopic (exact) mass is 271 g/mol. The zero-order chi connectivity index (χ0) is 13.5. The minimum Gasteiger partial charge on any atom is -0.302 e. The van der Waals surface area contributed by atoms with Crippen LogP contribution in [0.2, 0.25) is 0 Å². The van der Waals surface area contributed by atoms with Crippen molar-refractivity contribution in [2.24, 2.45) is 0 Å². The largest absolute Gasteiger partial charge is 0.302 e. The van der Waals surface area contributed by atoms with Gasteiger partial charge in [0.1, 0.15) is 0 Å². The van der Waals surface area contributed by atoms with Crippen LogP contribution in [0.15, 0.2) is 60.7 Å². The molecule has 0 aliphatic carbocycles. The van der Waals surface area contributed by atoms with E-state index in [1.54, 1.807) is 0 Å². The second kappa shape index (κ2) is 7.12. The maximum absolute atomic E-state index is 11.6. The second-order valence-electron chi connectivity index (χ2n) is 4.45. The van der Waals surface area contributed by atoms with Gasteiger partial charge < -0.3 is 5.32 Å². The van der Waals surface area contributed by atoms with Gasteiger partial charge in [-0.05, 0) is 17.5 Å². The highest BCUT2D eigenvalue weighted by Gasteiger charge is 2.14. The van der Waals surface area contributed by atoms with Gasteiger partial charge >= 0.3 is 0 Å². The summed E-state index contributed by atoms with van der Waals surface area (Å²) in [4.78, 5) is 11.6. The summed E-state index contributed by atoms with van der Waals surface area (Å²) >= 11 is 3.97. The van der Waals surface area contributed by atoms with Gasteiger partial charge in [0.05, 0.1) is 6.04 Å². The number of rotatable bonds is 6. The maximum atomic E-state index is 11.6. The summed E-state index contributed by atoms with van der Waals surface area (Å²) < 4.78 is 0. The molecular formula is C16H17NOS. The van der Waals surface area contributed by atoms with Gasteiger partial charge in [-0.2, -0.15) is 0 Å². The van der Waals surface area contributed by atoms with Crippen molar-refractivity contribution in [1.29, 1.82) is 0 Å². The lowest BCUT2D eigenvalue weighted by Gasteiger charge is -2.15. The Morgan fingerprint density at radius 1 is 0.947 bits per heavy atom. The lowest BCUT2D eigenvalue weighted by molar-refractivity contribution is -0.112. The first-order chi connectivity index (χ1) is 9.25. The molecule has 2 aromatic rings. The molecule has 0 saturated carbocycles. The second-order valence-corrected chi connectivity index (χ2v) is 4.89. The Kier molecular flexibility index (Phi) is 5.19. The van der Waals surface area contributed by atoms with E-state index in [9.17, 15) is 4.79 Å². The molecule has 0 heterocycles. The van der Waals surface area contributed by atoms with Crippen molar-refractivity contribution in [1.82, 2.24) is 5.32 Å². The highest BCUT2D eigenvalue weighted by Crippen LogP contribution is 2.07. The minimum absolute atomic E-state index is 0.125. The topological polar surface area (TPSA) is 29.1 Å². The molecule has 0 bridgehead atoms. The summed E-state index contributed by atoms with van der Waals surface area (Å²) in [7, 11) is 0. The average molecular weight is 271 g/mol. The molecule has 0 aliphatic rings. The van der Waals surface area contributed by atoms with Gasteiger partial charge in [-0.1, -0.05) is 60.7 Å². The van der Waals surface area contributed by atoms with Crippen LogP contribution in [0.4, 0.5) is 0 Å². The van der Waals surface area contributed by atoms with Gasteiger partial charge in [-0.15, -0.1) is 12.6 Å². The molecule has 2 aromatic carbocycles. The number of nitrogens with one attached hydrogen (secondary N) is 1. The summed E-state index contributed by atoms with van der Waals surface area (Å²) in [6.45, 7) is 0.671. The van der Waals surface area contributed by atoms with Crippen molar-refractivity contribution in [3.63, 3.8) is 0 Å². The van der Waals surface area contributed by atoms with Crippen molar-refractivity contribution in [2.45, 2.75) is 19.0 Å². The summed E-state index contributed by atoms with van der Waals surface area (Å²) in [5.41, 5.74) is 2.30. The van der Waals surface area contributed by atoms with Crippen LogP contribution >= 0.6 is 12.6 Å². The number of benzene rings is 2. The zero-order valence-electron chi connectivity index (χ0n) is 10.6. The molecule has 0 aliphatic heterocycles. The zero-order valence-corrected chi connectivity index (χ0v) is 11.5. The highest BCUT2D eigenvalue weighted by molar-refractivity contribution is 7.96. The van der Waals surface area contributed by atoms with Crippen LogP contribution in [-0.4, -0.2) is 11.2 Å². The third-order valence-corrected chi connectivity index (χ3v) is 3.29. The number of carbonyl (C=O) groups is 1. The smallest absolute Gasteiger partial charge is 0.203 e. The number of thiol groups is 1. The Morgan fingerprint density at radius 3 is 2.00 bits per heavy atom. The first-order valence-corrected chi connectivity index (χ1v) is 6.74. The standard InChI is InChI=1S/C16H17NOS/c18-16(19)15(11-13-7-3-1-4-8-13)17-12-14-9-5-2-6-10-14/h1-10,15,17H,11-12H2,(H,18,19)/t15-/m0/s1. The fraction of sp³-hybridized carbons (Fsp3) is 0.188. The molecule has 0 unspecified atom stereocenters. The molecular weight excluding hydrogens is 254 g/mol. The first-order valence-electron chi connectivity index (χ1n) is 6.30. The molecule has 1 atom stereocenters. The van der Waals surface area contributed by atoms with Crippen LogP contribution in [-0.2, 0) is 17.8 Å². The quantitative estimate of drug-likeness (QED) is 0.791. The summed E-state index contributed by atoms with van der Waals surface area (Å²) in [6, 6.07) is 19.8. The number of hydrogen-bond acceptors (Lipinski definition) is 2. The lowest BCUT2D eigenvalue weighted by Crippen LogP contribution is -2.35. The Hall–Kier alpha value is -1.58. The Labute approximate surface area is 119 Å². The molecule has 0 fully saturated rings. The SMILES string of the molecule is O=C(S)[C@H](Cc1ccccc1)NCc1ccccc1. The van der Waals surface area contributed by atoms with E-state index in [-0.39, 0.29) is 11.2 Å².